The third-order valence-corrected chi connectivity index (χ3v) is 3.41. The van der Waals surface area contributed by atoms with Crippen LogP contribution in [0.3, 0.4) is 0 Å². The highest BCUT2D eigenvalue weighted by Gasteiger charge is 2.15. The molecule has 2 aromatic heterocycles. The highest BCUT2D eigenvalue weighted by molar-refractivity contribution is 5.79. The quantitative estimate of drug-likeness (QED) is 0.673. The summed E-state index contributed by atoms with van der Waals surface area (Å²) in [5.41, 5.74) is 1.15. The van der Waals surface area contributed by atoms with Gasteiger partial charge in [-0.1, -0.05) is 0 Å². The Hall–Kier alpha value is -3.59. The zero-order valence-corrected chi connectivity index (χ0v) is 11.8. The molecule has 3 rings (SSSR count). The average Bonchev–Trinajstić information content (AvgIpc) is 2.55. The first-order valence-corrected chi connectivity index (χ1v) is 6.70. The molecule has 0 aliphatic rings. The van der Waals surface area contributed by atoms with Gasteiger partial charge >= 0.3 is 0 Å². The topological polar surface area (TPSA) is 110 Å². The normalized spacial score (nSPS) is 10.2. The number of hydrogen-bond donors (Lipinski definition) is 3. The van der Waals surface area contributed by atoms with Gasteiger partial charge in [-0.15, -0.1) is 0 Å². The SMILES string of the molecule is N#Cc1c(-c2ccc(O)cc2O)cc(-c2ccncc2)[nH]c1=O. The van der Waals surface area contributed by atoms with Gasteiger partial charge in [0.2, 0.25) is 0 Å². The number of aromatic hydroxyl groups is 2. The van der Waals surface area contributed by atoms with E-state index < -0.39 is 5.56 Å². The van der Waals surface area contributed by atoms with Gasteiger partial charge in [0.25, 0.3) is 5.56 Å². The molecule has 112 valence electrons. The smallest absolute Gasteiger partial charge is 0.266 e. The van der Waals surface area contributed by atoms with E-state index in [0.717, 1.165) is 11.6 Å². The van der Waals surface area contributed by atoms with Gasteiger partial charge < -0.3 is 15.2 Å². The number of phenols is 2. The van der Waals surface area contributed by atoms with Crippen LogP contribution in [0, 0.1) is 11.3 Å². The van der Waals surface area contributed by atoms with Gasteiger partial charge in [0.05, 0.1) is 0 Å². The van der Waals surface area contributed by atoms with Crippen LogP contribution >= 0.6 is 0 Å². The number of benzene rings is 1. The summed E-state index contributed by atoms with van der Waals surface area (Å²) in [5.74, 6) is -0.322. The average molecular weight is 305 g/mol. The molecule has 0 amide bonds. The lowest BCUT2D eigenvalue weighted by Gasteiger charge is -2.09. The molecule has 0 radical (unpaired) electrons. The van der Waals surface area contributed by atoms with Gasteiger partial charge in [-0.25, -0.2) is 0 Å². The minimum atomic E-state index is -0.552. The molecule has 23 heavy (non-hydrogen) atoms. The van der Waals surface area contributed by atoms with Gasteiger partial charge in [0, 0.05) is 40.8 Å². The second kappa shape index (κ2) is 5.66. The monoisotopic (exact) mass is 305 g/mol. The standard InChI is InChI=1S/C17H11N3O3/c18-9-14-13(12-2-1-11(21)7-16(12)22)8-15(20-17(14)23)10-3-5-19-6-4-10/h1-8,21-22H,(H,20,23). The molecule has 3 N–H and O–H groups in total. The molecule has 0 saturated heterocycles. The Kier molecular flexibility index (Phi) is 3.53. The van der Waals surface area contributed by atoms with Crippen molar-refractivity contribution in [2.75, 3.05) is 0 Å². The Morgan fingerprint density at radius 1 is 1.04 bits per heavy atom. The molecule has 3 aromatic rings. The summed E-state index contributed by atoms with van der Waals surface area (Å²) in [5, 5.41) is 28.7. The van der Waals surface area contributed by atoms with Crippen LogP contribution in [-0.4, -0.2) is 20.2 Å². The Balaban J connectivity index is 2.29. The second-order valence-electron chi connectivity index (χ2n) is 4.85. The van der Waals surface area contributed by atoms with E-state index in [1.807, 2.05) is 6.07 Å². The van der Waals surface area contributed by atoms with Crippen LogP contribution in [-0.2, 0) is 0 Å². The summed E-state index contributed by atoms with van der Waals surface area (Å²) in [6, 6.07) is 10.9. The van der Waals surface area contributed by atoms with Crippen LogP contribution < -0.4 is 5.56 Å². The van der Waals surface area contributed by atoms with Crippen molar-refractivity contribution in [3.8, 4) is 40.0 Å². The number of aromatic amines is 1. The fourth-order valence-electron chi connectivity index (χ4n) is 2.32. The summed E-state index contributed by atoms with van der Waals surface area (Å²) in [4.78, 5) is 18.8. The largest absolute Gasteiger partial charge is 0.508 e. The first-order chi connectivity index (χ1) is 11.1. The Bertz CT molecular complexity index is 973. The van der Waals surface area contributed by atoms with Gasteiger partial charge in [0.1, 0.15) is 23.1 Å². The molecular weight excluding hydrogens is 294 g/mol. The van der Waals surface area contributed by atoms with Crippen LogP contribution in [0.2, 0.25) is 0 Å². The Labute approximate surface area is 130 Å². The minimum absolute atomic E-state index is 0.107. The number of pyridine rings is 2. The summed E-state index contributed by atoms with van der Waals surface area (Å²) >= 11 is 0. The van der Waals surface area contributed by atoms with E-state index in [0.29, 0.717) is 16.8 Å². The molecule has 0 fully saturated rings. The molecule has 1 aromatic carbocycles. The maximum absolute atomic E-state index is 12.2. The summed E-state index contributed by atoms with van der Waals surface area (Å²) in [6.45, 7) is 0. The van der Waals surface area contributed by atoms with Crippen molar-refractivity contribution < 1.29 is 10.2 Å². The van der Waals surface area contributed by atoms with Crippen molar-refractivity contribution in [3.05, 3.63) is 64.7 Å². The van der Waals surface area contributed by atoms with Crippen molar-refractivity contribution in [2.24, 2.45) is 0 Å². The number of nitrogens with zero attached hydrogens (tertiary/aromatic N) is 2. The highest BCUT2D eigenvalue weighted by atomic mass is 16.3. The Morgan fingerprint density at radius 3 is 2.43 bits per heavy atom. The lowest BCUT2D eigenvalue weighted by Crippen LogP contribution is -2.12. The first-order valence-electron chi connectivity index (χ1n) is 6.70. The maximum Gasteiger partial charge on any atom is 0.266 e. The van der Waals surface area contributed by atoms with Crippen molar-refractivity contribution in [3.63, 3.8) is 0 Å². The van der Waals surface area contributed by atoms with E-state index in [2.05, 4.69) is 9.97 Å². The van der Waals surface area contributed by atoms with Crippen molar-refractivity contribution in [1.29, 1.82) is 5.26 Å². The molecule has 0 unspecified atom stereocenters. The number of nitriles is 1. The zero-order chi connectivity index (χ0) is 16.4. The maximum atomic E-state index is 12.2. The number of H-pyrrole nitrogens is 1. The summed E-state index contributed by atoms with van der Waals surface area (Å²) in [7, 11) is 0. The number of hydrogen-bond acceptors (Lipinski definition) is 5. The molecule has 0 saturated carbocycles. The summed E-state index contributed by atoms with van der Waals surface area (Å²) in [6.07, 6.45) is 3.17. The van der Waals surface area contributed by atoms with Crippen LogP contribution in [0.25, 0.3) is 22.4 Å². The number of rotatable bonds is 2. The van der Waals surface area contributed by atoms with Gasteiger partial charge in [-0.2, -0.15) is 5.26 Å². The third kappa shape index (κ3) is 2.63. The van der Waals surface area contributed by atoms with E-state index in [1.165, 1.54) is 12.1 Å². The van der Waals surface area contributed by atoms with Gasteiger partial charge in [0.15, 0.2) is 0 Å². The fraction of sp³-hybridized carbons (Fsp3) is 0. The fourth-order valence-corrected chi connectivity index (χ4v) is 2.32. The minimum Gasteiger partial charge on any atom is -0.508 e. The summed E-state index contributed by atoms with van der Waals surface area (Å²) < 4.78 is 0. The lowest BCUT2D eigenvalue weighted by atomic mass is 9.98. The molecule has 0 spiro atoms. The van der Waals surface area contributed by atoms with E-state index in [4.69, 9.17) is 0 Å². The first kappa shape index (κ1) is 14.4. The van der Waals surface area contributed by atoms with Gasteiger partial charge in [-0.3, -0.25) is 9.78 Å². The molecule has 0 bridgehead atoms. The second-order valence-corrected chi connectivity index (χ2v) is 4.85. The van der Waals surface area contributed by atoms with Crippen molar-refractivity contribution in [2.45, 2.75) is 0 Å². The van der Waals surface area contributed by atoms with Crippen molar-refractivity contribution in [1.82, 2.24) is 9.97 Å². The van der Waals surface area contributed by atoms with E-state index in [9.17, 15) is 20.3 Å². The predicted molar refractivity (Wildman–Crippen MR) is 83.8 cm³/mol. The van der Waals surface area contributed by atoms with E-state index >= 15 is 0 Å². The molecule has 0 aliphatic heterocycles. The number of nitrogens with one attached hydrogen (secondary N) is 1. The van der Waals surface area contributed by atoms with Crippen molar-refractivity contribution >= 4 is 0 Å². The number of phenolic OH excluding ortho intramolecular Hbond substituents is 2. The van der Waals surface area contributed by atoms with E-state index in [-0.39, 0.29) is 17.1 Å². The molecule has 6 nitrogen and oxygen atoms in total. The van der Waals surface area contributed by atoms with Gasteiger partial charge in [-0.05, 0) is 30.3 Å². The molecular formula is C17H11N3O3. The predicted octanol–water partition coefficient (Wildman–Crippen LogP) is 2.39. The highest BCUT2D eigenvalue weighted by Crippen LogP contribution is 2.34. The van der Waals surface area contributed by atoms with Crippen LogP contribution in [0.15, 0.2) is 53.6 Å². The van der Waals surface area contributed by atoms with Crippen LogP contribution in [0.4, 0.5) is 0 Å². The number of aromatic nitrogens is 2. The third-order valence-electron chi connectivity index (χ3n) is 3.41. The molecule has 2 heterocycles. The molecule has 6 heteroatoms. The van der Waals surface area contributed by atoms with E-state index in [1.54, 1.807) is 30.6 Å². The molecule has 0 aliphatic carbocycles. The van der Waals surface area contributed by atoms with Crippen LogP contribution in [0.5, 0.6) is 11.5 Å². The zero-order valence-electron chi connectivity index (χ0n) is 11.8. The molecule has 0 atom stereocenters. The Morgan fingerprint density at radius 2 is 1.78 bits per heavy atom. The lowest BCUT2D eigenvalue weighted by molar-refractivity contribution is 0.452. The van der Waals surface area contributed by atoms with Crippen LogP contribution in [0.1, 0.15) is 5.56 Å².